The molecule has 1 unspecified atom stereocenters. The Morgan fingerprint density at radius 3 is 2.88 bits per heavy atom. The maximum absolute atomic E-state index is 9.95. The van der Waals surface area contributed by atoms with Crippen molar-refractivity contribution in [2.45, 2.75) is 6.04 Å². The highest BCUT2D eigenvalue weighted by molar-refractivity contribution is 7.97. The average molecular weight is 134 g/mol. The van der Waals surface area contributed by atoms with E-state index in [4.69, 9.17) is 0 Å². The van der Waals surface area contributed by atoms with Gasteiger partial charge in [0, 0.05) is 4.92 Å². The Morgan fingerprint density at radius 2 is 2.62 bits per heavy atom. The Morgan fingerprint density at radius 1 is 1.88 bits per heavy atom. The third kappa shape index (κ3) is 1.10. The van der Waals surface area contributed by atoms with Gasteiger partial charge in [-0.15, -0.1) is 0 Å². The van der Waals surface area contributed by atoms with Crippen LogP contribution in [-0.2, 0) is 0 Å². The van der Waals surface area contributed by atoms with Crippen LogP contribution in [0.2, 0.25) is 0 Å². The summed E-state index contributed by atoms with van der Waals surface area (Å²) in [6.07, 6.45) is 0. The van der Waals surface area contributed by atoms with Crippen LogP contribution < -0.4 is 4.72 Å². The van der Waals surface area contributed by atoms with Gasteiger partial charge >= 0.3 is 0 Å². The molecule has 0 aromatic carbocycles. The molecule has 0 amide bonds. The molecule has 1 atom stereocenters. The second-order valence-electron chi connectivity index (χ2n) is 1.60. The maximum atomic E-state index is 9.95. The molecule has 46 valence electrons. The molecule has 1 saturated heterocycles. The smallest absolute Gasteiger partial charge is 0.236 e. The molecular formula is C3H6N2O2S. The SMILES string of the molecule is O=[N+]([O-])C1CNSC1. The van der Waals surface area contributed by atoms with Gasteiger partial charge in [-0.1, -0.05) is 11.9 Å². The van der Waals surface area contributed by atoms with E-state index in [0.717, 1.165) is 0 Å². The number of hydrogen-bond acceptors (Lipinski definition) is 4. The average Bonchev–Trinajstić information content (AvgIpc) is 2.12. The van der Waals surface area contributed by atoms with Crippen LogP contribution in [0.5, 0.6) is 0 Å². The predicted octanol–water partition coefficient (Wildman–Crippen LogP) is -0.117. The minimum absolute atomic E-state index is 0.243. The van der Waals surface area contributed by atoms with Gasteiger partial charge in [0.25, 0.3) is 0 Å². The molecular weight excluding hydrogens is 128 g/mol. The minimum atomic E-state index is -0.361. The van der Waals surface area contributed by atoms with E-state index in [9.17, 15) is 10.1 Å². The normalized spacial score (nSPS) is 28.2. The molecule has 1 heterocycles. The van der Waals surface area contributed by atoms with Crippen molar-refractivity contribution in [3.63, 3.8) is 0 Å². The molecule has 0 spiro atoms. The van der Waals surface area contributed by atoms with Gasteiger partial charge in [-0.05, 0) is 0 Å². The van der Waals surface area contributed by atoms with Crippen molar-refractivity contribution in [2.24, 2.45) is 0 Å². The molecule has 1 fully saturated rings. The van der Waals surface area contributed by atoms with Gasteiger partial charge in [0.15, 0.2) is 0 Å². The lowest BCUT2D eigenvalue weighted by Gasteiger charge is -1.93. The zero-order valence-corrected chi connectivity index (χ0v) is 4.98. The zero-order chi connectivity index (χ0) is 5.98. The topological polar surface area (TPSA) is 55.2 Å². The van der Waals surface area contributed by atoms with E-state index >= 15 is 0 Å². The van der Waals surface area contributed by atoms with Crippen molar-refractivity contribution in [1.82, 2.24) is 4.72 Å². The second-order valence-corrected chi connectivity index (χ2v) is 2.51. The first-order chi connectivity index (χ1) is 3.80. The number of hydrogen-bond donors (Lipinski definition) is 1. The molecule has 5 heteroatoms. The minimum Gasteiger partial charge on any atom is -0.264 e. The first kappa shape index (κ1) is 5.84. The lowest BCUT2D eigenvalue weighted by atomic mass is 10.4. The highest BCUT2D eigenvalue weighted by Crippen LogP contribution is 2.07. The molecule has 1 N–H and O–H groups in total. The van der Waals surface area contributed by atoms with Crippen LogP contribution >= 0.6 is 11.9 Å². The standard InChI is InChI=1S/C3H6N2O2S/c6-5(7)3-1-4-8-2-3/h3-4H,1-2H2. The van der Waals surface area contributed by atoms with Gasteiger partial charge in [0.05, 0.1) is 12.3 Å². The Labute approximate surface area is 50.9 Å². The summed E-state index contributed by atoms with van der Waals surface area (Å²) in [7, 11) is 0. The molecule has 0 aromatic rings. The second kappa shape index (κ2) is 2.32. The Kier molecular flexibility index (Phi) is 1.69. The summed E-state index contributed by atoms with van der Waals surface area (Å²) in [5.74, 6) is 0.604. The predicted molar refractivity (Wildman–Crippen MR) is 31.2 cm³/mol. The fraction of sp³-hybridized carbons (Fsp3) is 1.00. The summed E-state index contributed by atoms with van der Waals surface area (Å²) in [5, 5.41) is 9.95. The third-order valence-electron chi connectivity index (χ3n) is 0.995. The van der Waals surface area contributed by atoms with Crippen LogP contribution in [0.1, 0.15) is 0 Å². The lowest BCUT2D eigenvalue weighted by Crippen LogP contribution is -2.23. The lowest BCUT2D eigenvalue weighted by molar-refractivity contribution is -0.512. The first-order valence-corrected chi connectivity index (χ1v) is 3.27. The summed E-state index contributed by atoms with van der Waals surface area (Å²) < 4.78 is 2.83. The van der Waals surface area contributed by atoms with Crippen LogP contribution in [0.3, 0.4) is 0 Å². The quantitative estimate of drug-likeness (QED) is 0.308. The van der Waals surface area contributed by atoms with Gasteiger partial charge in [-0.25, -0.2) is 0 Å². The van der Waals surface area contributed by atoms with E-state index in [1.807, 2.05) is 0 Å². The largest absolute Gasteiger partial charge is 0.264 e. The van der Waals surface area contributed by atoms with Crippen LogP contribution in [0.25, 0.3) is 0 Å². The highest BCUT2D eigenvalue weighted by atomic mass is 32.2. The van der Waals surface area contributed by atoms with Crippen molar-refractivity contribution in [3.05, 3.63) is 10.1 Å². The van der Waals surface area contributed by atoms with E-state index in [2.05, 4.69) is 4.72 Å². The van der Waals surface area contributed by atoms with Gasteiger partial charge in [-0.3, -0.25) is 14.8 Å². The molecule has 0 radical (unpaired) electrons. The van der Waals surface area contributed by atoms with Gasteiger partial charge in [0.2, 0.25) is 6.04 Å². The van der Waals surface area contributed by atoms with E-state index in [-0.39, 0.29) is 11.0 Å². The fourth-order valence-corrected chi connectivity index (χ4v) is 1.36. The molecule has 0 saturated carbocycles. The Balaban J connectivity index is 2.35. The van der Waals surface area contributed by atoms with E-state index in [1.54, 1.807) is 0 Å². The Hall–Kier alpha value is -0.290. The molecule has 4 nitrogen and oxygen atoms in total. The molecule has 1 aliphatic rings. The number of rotatable bonds is 1. The third-order valence-corrected chi connectivity index (χ3v) is 1.92. The van der Waals surface area contributed by atoms with Crippen molar-refractivity contribution >= 4 is 11.9 Å². The van der Waals surface area contributed by atoms with Crippen molar-refractivity contribution in [1.29, 1.82) is 0 Å². The summed E-state index contributed by atoms with van der Waals surface area (Å²) >= 11 is 1.42. The van der Waals surface area contributed by atoms with E-state index in [1.165, 1.54) is 11.9 Å². The molecule has 0 aromatic heterocycles. The van der Waals surface area contributed by atoms with Crippen LogP contribution in [0.15, 0.2) is 0 Å². The molecule has 8 heavy (non-hydrogen) atoms. The van der Waals surface area contributed by atoms with E-state index in [0.29, 0.717) is 12.3 Å². The highest BCUT2D eigenvalue weighted by Gasteiger charge is 2.24. The molecule has 1 aliphatic heterocycles. The summed E-state index contributed by atoms with van der Waals surface area (Å²) in [6.45, 7) is 0.512. The summed E-state index contributed by atoms with van der Waals surface area (Å²) in [6, 6.07) is -0.361. The van der Waals surface area contributed by atoms with Crippen molar-refractivity contribution in [2.75, 3.05) is 12.3 Å². The molecule has 0 aliphatic carbocycles. The van der Waals surface area contributed by atoms with Crippen molar-refractivity contribution in [3.8, 4) is 0 Å². The van der Waals surface area contributed by atoms with Crippen LogP contribution in [-0.4, -0.2) is 23.3 Å². The van der Waals surface area contributed by atoms with Gasteiger partial charge in [0.1, 0.15) is 0 Å². The number of nitro groups is 1. The van der Waals surface area contributed by atoms with Gasteiger partial charge < -0.3 is 0 Å². The Bertz CT molecular complexity index is 101. The molecule has 0 bridgehead atoms. The first-order valence-electron chi connectivity index (χ1n) is 2.29. The number of nitrogens with zero attached hydrogens (tertiary/aromatic N) is 1. The van der Waals surface area contributed by atoms with E-state index < -0.39 is 0 Å². The fourth-order valence-electron chi connectivity index (χ4n) is 0.505. The summed E-state index contributed by atoms with van der Waals surface area (Å²) in [4.78, 5) is 9.71. The summed E-state index contributed by atoms with van der Waals surface area (Å²) in [5.41, 5.74) is 0. The monoisotopic (exact) mass is 134 g/mol. The van der Waals surface area contributed by atoms with Crippen LogP contribution in [0, 0.1) is 10.1 Å². The maximum Gasteiger partial charge on any atom is 0.236 e. The zero-order valence-electron chi connectivity index (χ0n) is 4.16. The number of nitrogens with one attached hydrogen (secondary N) is 1. The van der Waals surface area contributed by atoms with Crippen LogP contribution in [0.4, 0.5) is 0 Å². The van der Waals surface area contributed by atoms with Crippen molar-refractivity contribution < 1.29 is 4.92 Å². The molecule has 1 rings (SSSR count). The van der Waals surface area contributed by atoms with Gasteiger partial charge in [-0.2, -0.15) is 0 Å².